The van der Waals surface area contributed by atoms with Crippen LogP contribution >= 0.6 is 23.2 Å². The number of halogens is 3. The Morgan fingerprint density at radius 1 is 1.00 bits per heavy atom. The van der Waals surface area contributed by atoms with Gasteiger partial charge in [0.1, 0.15) is 12.1 Å². The highest BCUT2D eigenvalue weighted by Gasteiger charge is 2.36. The third-order valence-corrected chi connectivity index (χ3v) is 7.82. The molecule has 4 rings (SSSR count). The number of amides is 3. The van der Waals surface area contributed by atoms with Crippen molar-refractivity contribution >= 4 is 52.4 Å². The Balaban J connectivity index is 1.53. The van der Waals surface area contributed by atoms with Gasteiger partial charge in [-0.1, -0.05) is 82.9 Å². The predicted octanol–water partition coefficient (Wildman–Crippen LogP) is 5.87. The summed E-state index contributed by atoms with van der Waals surface area (Å²) in [5.41, 5.74) is 10.7. The van der Waals surface area contributed by atoms with Crippen LogP contribution in [0.15, 0.2) is 71.8 Å². The Hall–Kier alpha value is -4.44. The molecule has 0 radical (unpaired) electrons. The molecule has 13 heteroatoms. The molecule has 3 aromatic rings. The second-order valence-corrected chi connectivity index (χ2v) is 10.6. The summed E-state index contributed by atoms with van der Waals surface area (Å²) in [4.78, 5) is 57.0. The van der Waals surface area contributed by atoms with Gasteiger partial charge in [-0.25, -0.2) is 4.39 Å². The van der Waals surface area contributed by atoms with E-state index in [1.54, 1.807) is 30.3 Å². The summed E-state index contributed by atoms with van der Waals surface area (Å²) in [7, 11) is 0. The van der Waals surface area contributed by atoms with E-state index in [4.69, 9.17) is 28.7 Å². The van der Waals surface area contributed by atoms with Crippen LogP contribution in [0.5, 0.6) is 0 Å². The maximum absolute atomic E-state index is 14.6. The summed E-state index contributed by atoms with van der Waals surface area (Å²) in [6.45, 7) is -0.00679. The maximum atomic E-state index is 14.6. The molecule has 1 unspecified atom stereocenters. The average Bonchev–Trinajstić information content (AvgIpc) is 3.02. The lowest BCUT2D eigenvalue weighted by molar-refractivity contribution is -0.142. The third kappa shape index (κ3) is 7.90. The molecule has 0 spiro atoms. The van der Waals surface area contributed by atoms with Gasteiger partial charge in [-0.3, -0.25) is 19.2 Å². The van der Waals surface area contributed by atoms with Gasteiger partial charge < -0.3 is 15.5 Å². The van der Waals surface area contributed by atoms with Gasteiger partial charge in [0.25, 0.3) is 0 Å². The number of nitrogens with zero attached hydrogens (tertiary/aromatic N) is 4. The highest BCUT2D eigenvalue weighted by molar-refractivity contribution is 6.42. The summed E-state index contributed by atoms with van der Waals surface area (Å²) >= 11 is 11.7. The number of Topliss-reactive ketones (excluding diaryl/α,β-unsaturated/α-hetero) is 1. The number of hydrogen-bond acceptors (Lipinski definition) is 5. The Morgan fingerprint density at radius 3 is 2.42 bits per heavy atom. The van der Waals surface area contributed by atoms with E-state index in [-0.39, 0.29) is 60.3 Å². The van der Waals surface area contributed by atoms with Crippen molar-refractivity contribution in [3.05, 3.63) is 110 Å². The fourth-order valence-corrected chi connectivity index (χ4v) is 5.07. The van der Waals surface area contributed by atoms with Crippen molar-refractivity contribution in [2.24, 2.45) is 5.11 Å². The largest absolute Gasteiger partial charge is 0.342 e. The lowest BCUT2D eigenvalue weighted by Gasteiger charge is -2.36. The molecule has 1 aliphatic rings. The zero-order valence-electron chi connectivity index (χ0n) is 22.8. The van der Waals surface area contributed by atoms with Crippen molar-refractivity contribution in [3.8, 4) is 0 Å². The predicted molar refractivity (Wildman–Crippen MR) is 160 cm³/mol. The molecule has 0 saturated heterocycles. The standard InChI is InChI=1S/C30H27Cl2FN6O4/c31-21-10-11-22(28(33)27(21)32)36-29(42)23(14-15-35-38-34)37-30(43)24-16-19-8-4-5-9-20(19)17-39(24)26(41)13-12-25(40)18-6-2-1-3-7-18/h1-11,23-24H,12-17H2,(H,36,42)(H,37,43)/t23?,24-/m0/s1. The second-order valence-electron chi connectivity index (χ2n) is 9.82. The van der Waals surface area contributed by atoms with Crippen molar-refractivity contribution in [3.63, 3.8) is 0 Å². The van der Waals surface area contributed by atoms with Crippen molar-refractivity contribution in [2.45, 2.75) is 44.3 Å². The molecule has 2 atom stereocenters. The number of ketones is 1. The van der Waals surface area contributed by atoms with Crippen LogP contribution in [0.4, 0.5) is 10.1 Å². The Bertz CT molecular complexity index is 1580. The molecule has 0 saturated carbocycles. The van der Waals surface area contributed by atoms with Crippen LogP contribution in [0, 0.1) is 5.82 Å². The van der Waals surface area contributed by atoms with E-state index in [2.05, 4.69) is 20.7 Å². The van der Waals surface area contributed by atoms with Gasteiger partial charge in [-0.15, -0.1) is 0 Å². The summed E-state index contributed by atoms with van der Waals surface area (Å²) in [6.07, 6.45) is -0.0846. The van der Waals surface area contributed by atoms with Crippen LogP contribution in [0.2, 0.25) is 10.0 Å². The lowest BCUT2D eigenvalue weighted by Crippen LogP contribution is -2.56. The minimum Gasteiger partial charge on any atom is -0.342 e. The van der Waals surface area contributed by atoms with Crippen LogP contribution in [-0.4, -0.2) is 47.0 Å². The monoisotopic (exact) mass is 624 g/mol. The molecule has 2 N–H and O–H groups in total. The number of rotatable bonds is 11. The molecule has 0 bridgehead atoms. The van der Waals surface area contributed by atoms with E-state index in [0.717, 1.165) is 11.1 Å². The number of benzene rings is 3. The number of fused-ring (bicyclic) bond motifs is 1. The van der Waals surface area contributed by atoms with Gasteiger partial charge in [0.15, 0.2) is 11.6 Å². The molecule has 222 valence electrons. The fraction of sp³-hybridized carbons (Fsp3) is 0.267. The minimum atomic E-state index is -1.25. The van der Waals surface area contributed by atoms with Crippen molar-refractivity contribution in [1.29, 1.82) is 0 Å². The number of carbonyl (C=O) groups excluding carboxylic acids is 4. The summed E-state index contributed by atoms with van der Waals surface area (Å²) < 4.78 is 14.6. The molecule has 10 nitrogen and oxygen atoms in total. The topological polar surface area (TPSA) is 144 Å². The molecule has 0 aliphatic carbocycles. The molecular formula is C30H27Cl2FN6O4. The van der Waals surface area contributed by atoms with Crippen molar-refractivity contribution in [1.82, 2.24) is 10.2 Å². The number of hydrogen-bond donors (Lipinski definition) is 2. The molecule has 43 heavy (non-hydrogen) atoms. The third-order valence-electron chi connectivity index (χ3n) is 7.04. The zero-order chi connectivity index (χ0) is 30.9. The minimum absolute atomic E-state index is 0.0399. The average molecular weight is 625 g/mol. The number of anilines is 1. The Kier molecular flexibility index (Phi) is 10.7. The van der Waals surface area contributed by atoms with Crippen molar-refractivity contribution in [2.75, 3.05) is 11.9 Å². The summed E-state index contributed by atoms with van der Waals surface area (Å²) in [5.74, 6) is -2.97. The first-order chi connectivity index (χ1) is 20.7. The van der Waals surface area contributed by atoms with Gasteiger partial charge in [0.2, 0.25) is 17.7 Å². The molecule has 1 heterocycles. The number of carbonyl (C=O) groups is 4. The van der Waals surface area contributed by atoms with Crippen LogP contribution < -0.4 is 10.6 Å². The Labute approximate surface area is 256 Å². The SMILES string of the molecule is [N-]=[N+]=NCCC(NC(=O)[C@@H]1Cc2ccccc2CN1C(=O)CCC(=O)c1ccccc1)C(=O)Nc1ccc(Cl)c(Cl)c1F. The lowest BCUT2D eigenvalue weighted by atomic mass is 9.92. The molecule has 3 aromatic carbocycles. The van der Waals surface area contributed by atoms with Crippen LogP contribution in [0.1, 0.15) is 40.7 Å². The van der Waals surface area contributed by atoms with Crippen LogP contribution in [-0.2, 0) is 27.3 Å². The quantitative estimate of drug-likeness (QED) is 0.0903. The molecule has 1 aliphatic heterocycles. The van der Waals surface area contributed by atoms with E-state index in [9.17, 15) is 23.6 Å². The highest BCUT2D eigenvalue weighted by Crippen LogP contribution is 2.30. The van der Waals surface area contributed by atoms with E-state index < -0.39 is 35.6 Å². The molecule has 3 amide bonds. The van der Waals surface area contributed by atoms with Gasteiger partial charge in [0, 0.05) is 42.8 Å². The summed E-state index contributed by atoms with van der Waals surface area (Å²) in [6, 6.07) is 16.3. The van der Waals surface area contributed by atoms with Crippen molar-refractivity contribution < 1.29 is 23.6 Å². The van der Waals surface area contributed by atoms with Gasteiger partial charge in [-0.05, 0) is 35.2 Å². The second kappa shape index (κ2) is 14.6. The van der Waals surface area contributed by atoms with E-state index in [1.807, 2.05) is 24.3 Å². The van der Waals surface area contributed by atoms with Crippen LogP contribution in [0.25, 0.3) is 10.4 Å². The van der Waals surface area contributed by atoms with Gasteiger partial charge >= 0.3 is 0 Å². The highest BCUT2D eigenvalue weighted by atomic mass is 35.5. The van der Waals surface area contributed by atoms with E-state index in [1.165, 1.54) is 17.0 Å². The maximum Gasteiger partial charge on any atom is 0.247 e. The number of nitrogens with one attached hydrogen (secondary N) is 2. The van der Waals surface area contributed by atoms with Gasteiger partial charge in [-0.2, -0.15) is 0 Å². The first kappa shape index (κ1) is 31.5. The smallest absolute Gasteiger partial charge is 0.247 e. The first-order valence-electron chi connectivity index (χ1n) is 13.4. The fourth-order valence-electron chi connectivity index (χ4n) is 4.76. The van der Waals surface area contributed by atoms with Crippen LogP contribution in [0.3, 0.4) is 0 Å². The molecular weight excluding hydrogens is 598 g/mol. The van der Waals surface area contributed by atoms with E-state index >= 15 is 0 Å². The first-order valence-corrected chi connectivity index (χ1v) is 14.1. The summed E-state index contributed by atoms with van der Waals surface area (Å²) in [5, 5.41) is 8.05. The number of azide groups is 1. The zero-order valence-corrected chi connectivity index (χ0v) is 24.3. The Morgan fingerprint density at radius 2 is 1.70 bits per heavy atom. The molecule has 0 fully saturated rings. The normalized spacial score (nSPS) is 14.6. The molecule has 0 aromatic heterocycles. The van der Waals surface area contributed by atoms with E-state index in [0.29, 0.717) is 5.56 Å². The van der Waals surface area contributed by atoms with Gasteiger partial charge in [0.05, 0.1) is 15.7 Å².